The Bertz CT molecular complexity index is 882. The van der Waals surface area contributed by atoms with E-state index in [1.807, 2.05) is 48.5 Å². The van der Waals surface area contributed by atoms with Gasteiger partial charge in [0.05, 0.1) is 12.9 Å². The number of halogens is 1. The van der Waals surface area contributed by atoms with Crippen LogP contribution >= 0.6 is 23.4 Å². The van der Waals surface area contributed by atoms with Crippen molar-refractivity contribution < 1.29 is 13.9 Å². The Morgan fingerprint density at radius 2 is 1.89 bits per heavy atom. The van der Waals surface area contributed by atoms with Crippen molar-refractivity contribution in [1.82, 2.24) is 15.5 Å². The van der Waals surface area contributed by atoms with Crippen LogP contribution in [0.5, 0.6) is 5.75 Å². The standard InChI is InChI=1S/C19H18ClN3O3S/c1-25-16-8-4-14(5-9-16)18-22-23-19(26-18)27-12-17(24)21-11-10-13-2-6-15(20)7-3-13/h2-9H,10-12H2,1H3,(H,21,24). The lowest BCUT2D eigenvalue weighted by Gasteiger charge is -2.04. The van der Waals surface area contributed by atoms with E-state index in [0.29, 0.717) is 22.7 Å². The molecule has 0 saturated heterocycles. The predicted octanol–water partition coefficient (Wildman–Crippen LogP) is 3.85. The summed E-state index contributed by atoms with van der Waals surface area (Å²) < 4.78 is 10.7. The van der Waals surface area contributed by atoms with Gasteiger partial charge in [-0.15, -0.1) is 10.2 Å². The molecular weight excluding hydrogens is 386 g/mol. The van der Waals surface area contributed by atoms with Gasteiger partial charge in [-0.3, -0.25) is 4.79 Å². The van der Waals surface area contributed by atoms with E-state index >= 15 is 0 Å². The van der Waals surface area contributed by atoms with Gasteiger partial charge in [-0.2, -0.15) is 0 Å². The number of carbonyl (C=O) groups is 1. The molecule has 0 atom stereocenters. The minimum absolute atomic E-state index is 0.0850. The Labute approximate surface area is 166 Å². The van der Waals surface area contributed by atoms with Crippen LogP contribution in [0, 0.1) is 0 Å². The summed E-state index contributed by atoms with van der Waals surface area (Å²) in [6, 6.07) is 14.9. The molecule has 0 aliphatic carbocycles. The zero-order valence-corrected chi connectivity index (χ0v) is 16.2. The van der Waals surface area contributed by atoms with Crippen molar-refractivity contribution in [2.45, 2.75) is 11.6 Å². The Kier molecular flexibility index (Phi) is 6.73. The Balaban J connectivity index is 1.43. The van der Waals surface area contributed by atoms with Crippen molar-refractivity contribution in [2.75, 3.05) is 19.4 Å². The van der Waals surface area contributed by atoms with E-state index in [4.69, 9.17) is 20.8 Å². The third kappa shape index (κ3) is 5.74. The van der Waals surface area contributed by atoms with Crippen molar-refractivity contribution in [2.24, 2.45) is 0 Å². The first-order valence-corrected chi connectivity index (χ1v) is 9.62. The Morgan fingerprint density at radius 1 is 1.15 bits per heavy atom. The highest BCUT2D eigenvalue weighted by Gasteiger charge is 2.11. The fourth-order valence-electron chi connectivity index (χ4n) is 2.29. The van der Waals surface area contributed by atoms with Gasteiger partial charge in [0.2, 0.25) is 11.8 Å². The van der Waals surface area contributed by atoms with Crippen LogP contribution in [-0.4, -0.2) is 35.5 Å². The highest BCUT2D eigenvalue weighted by atomic mass is 35.5. The molecule has 6 nitrogen and oxygen atoms in total. The number of nitrogens with zero attached hydrogens (tertiary/aromatic N) is 2. The van der Waals surface area contributed by atoms with Crippen LogP contribution in [0.4, 0.5) is 0 Å². The quantitative estimate of drug-likeness (QED) is 0.575. The molecule has 0 saturated carbocycles. The molecule has 27 heavy (non-hydrogen) atoms. The molecule has 1 N–H and O–H groups in total. The van der Waals surface area contributed by atoms with Crippen LogP contribution in [0.2, 0.25) is 5.02 Å². The van der Waals surface area contributed by atoms with Gasteiger partial charge in [0, 0.05) is 17.1 Å². The monoisotopic (exact) mass is 403 g/mol. The summed E-state index contributed by atoms with van der Waals surface area (Å²) in [6.45, 7) is 0.557. The van der Waals surface area contributed by atoms with Gasteiger partial charge in [-0.25, -0.2) is 0 Å². The summed E-state index contributed by atoms with van der Waals surface area (Å²) in [7, 11) is 1.61. The molecule has 3 aromatic rings. The molecule has 140 valence electrons. The lowest BCUT2D eigenvalue weighted by molar-refractivity contribution is -0.118. The number of benzene rings is 2. The molecule has 1 aromatic heterocycles. The lowest BCUT2D eigenvalue weighted by atomic mass is 10.1. The average molecular weight is 404 g/mol. The zero-order valence-electron chi connectivity index (χ0n) is 14.6. The molecule has 1 heterocycles. The SMILES string of the molecule is COc1ccc(-c2nnc(SCC(=O)NCCc3ccc(Cl)cc3)o2)cc1. The van der Waals surface area contributed by atoms with Crippen molar-refractivity contribution in [3.63, 3.8) is 0 Å². The zero-order chi connectivity index (χ0) is 19.1. The molecule has 0 unspecified atom stereocenters. The second kappa shape index (κ2) is 9.43. The molecule has 2 aromatic carbocycles. The van der Waals surface area contributed by atoms with Gasteiger partial charge in [0.15, 0.2) is 0 Å². The maximum Gasteiger partial charge on any atom is 0.277 e. The highest BCUT2D eigenvalue weighted by Crippen LogP contribution is 2.24. The molecule has 0 fully saturated rings. The second-order valence-electron chi connectivity index (χ2n) is 5.62. The van der Waals surface area contributed by atoms with Crippen LogP contribution in [0.15, 0.2) is 58.2 Å². The number of ether oxygens (including phenoxy) is 1. The van der Waals surface area contributed by atoms with E-state index in [-0.39, 0.29) is 11.7 Å². The molecule has 3 rings (SSSR count). The fourth-order valence-corrected chi connectivity index (χ4v) is 3.01. The number of hydrogen-bond acceptors (Lipinski definition) is 6. The summed E-state index contributed by atoms with van der Waals surface area (Å²) in [5.41, 5.74) is 1.91. The molecule has 0 bridgehead atoms. The van der Waals surface area contributed by atoms with E-state index in [9.17, 15) is 4.79 Å². The van der Waals surface area contributed by atoms with Gasteiger partial charge in [0.25, 0.3) is 5.22 Å². The molecule has 1 amide bonds. The third-order valence-electron chi connectivity index (χ3n) is 3.72. The second-order valence-corrected chi connectivity index (χ2v) is 6.98. The van der Waals surface area contributed by atoms with Crippen LogP contribution < -0.4 is 10.1 Å². The van der Waals surface area contributed by atoms with E-state index < -0.39 is 0 Å². The van der Waals surface area contributed by atoms with Crippen molar-refractivity contribution in [3.05, 3.63) is 59.1 Å². The van der Waals surface area contributed by atoms with Gasteiger partial charge in [-0.1, -0.05) is 35.5 Å². The van der Waals surface area contributed by atoms with Crippen LogP contribution in [0.3, 0.4) is 0 Å². The summed E-state index contributed by atoms with van der Waals surface area (Å²) >= 11 is 7.06. The normalized spacial score (nSPS) is 10.6. The summed E-state index contributed by atoms with van der Waals surface area (Å²) in [5, 5.41) is 11.9. The van der Waals surface area contributed by atoms with E-state index in [1.54, 1.807) is 7.11 Å². The van der Waals surface area contributed by atoms with Crippen LogP contribution in [0.25, 0.3) is 11.5 Å². The maximum absolute atomic E-state index is 12.0. The number of thioether (sulfide) groups is 1. The summed E-state index contributed by atoms with van der Waals surface area (Å²) in [6.07, 6.45) is 0.746. The Hall–Kier alpha value is -2.51. The maximum atomic E-state index is 12.0. The Morgan fingerprint density at radius 3 is 2.59 bits per heavy atom. The first-order chi connectivity index (χ1) is 13.1. The van der Waals surface area contributed by atoms with Gasteiger partial charge in [-0.05, 0) is 48.4 Å². The highest BCUT2D eigenvalue weighted by molar-refractivity contribution is 7.99. The average Bonchev–Trinajstić information content (AvgIpc) is 3.17. The number of carbonyl (C=O) groups excluding carboxylic acids is 1. The molecular formula is C19H18ClN3O3S. The number of amides is 1. The topological polar surface area (TPSA) is 77.2 Å². The predicted molar refractivity (Wildman–Crippen MR) is 105 cm³/mol. The number of aromatic nitrogens is 2. The van der Waals surface area contributed by atoms with E-state index in [0.717, 1.165) is 23.3 Å². The summed E-state index contributed by atoms with van der Waals surface area (Å²) in [5.74, 6) is 1.29. The third-order valence-corrected chi connectivity index (χ3v) is 4.79. The van der Waals surface area contributed by atoms with Crippen molar-refractivity contribution >= 4 is 29.3 Å². The van der Waals surface area contributed by atoms with Crippen LogP contribution in [-0.2, 0) is 11.2 Å². The molecule has 0 radical (unpaired) electrons. The molecule has 0 aliphatic rings. The smallest absolute Gasteiger partial charge is 0.277 e. The first-order valence-electron chi connectivity index (χ1n) is 8.26. The molecule has 0 aliphatic heterocycles. The van der Waals surface area contributed by atoms with E-state index in [2.05, 4.69) is 15.5 Å². The lowest BCUT2D eigenvalue weighted by Crippen LogP contribution is -2.27. The first kappa shape index (κ1) is 19.3. The van der Waals surface area contributed by atoms with Gasteiger partial charge >= 0.3 is 0 Å². The largest absolute Gasteiger partial charge is 0.497 e. The van der Waals surface area contributed by atoms with Crippen molar-refractivity contribution in [3.8, 4) is 17.2 Å². The van der Waals surface area contributed by atoms with Crippen LogP contribution in [0.1, 0.15) is 5.56 Å². The van der Waals surface area contributed by atoms with Gasteiger partial charge in [0.1, 0.15) is 5.75 Å². The minimum Gasteiger partial charge on any atom is -0.497 e. The number of nitrogens with one attached hydrogen (secondary N) is 1. The summed E-state index contributed by atoms with van der Waals surface area (Å²) in [4.78, 5) is 12.0. The van der Waals surface area contributed by atoms with Crippen molar-refractivity contribution in [1.29, 1.82) is 0 Å². The molecule has 0 spiro atoms. The van der Waals surface area contributed by atoms with Gasteiger partial charge < -0.3 is 14.5 Å². The fraction of sp³-hybridized carbons (Fsp3) is 0.211. The number of rotatable bonds is 8. The number of hydrogen-bond donors (Lipinski definition) is 1. The molecule has 8 heteroatoms. The van der Waals surface area contributed by atoms with E-state index in [1.165, 1.54) is 11.8 Å². The minimum atomic E-state index is -0.0850. The number of methoxy groups -OCH3 is 1.